The summed E-state index contributed by atoms with van der Waals surface area (Å²) in [5.41, 5.74) is 2.63. The first-order valence-corrected chi connectivity index (χ1v) is 6.66. The van der Waals surface area contributed by atoms with Gasteiger partial charge in [-0.15, -0.1) is 0 Å². The largest absolute Gasteiger partial charge is 0.490 e. The molecule has 2 aliphatic rings. The summed E-state index contributed by atoms with van der Waals surface area (Å²) in [4.78, 5) is 0. The maximum absolute atomic E-state index is 9.85. The summed E-state index contributed by atoms with van der Waals surface area (Å²) in [5.74, 6) is 1.63. The van der Waals surface area contributed by atoms with Crippen molar-refractivity contribution in [3.8, 4) is 5.75 Å². The number of rotatable bonds is 4. The lowest BCUT2D eigenvalue weighted by Gasteiger charge is -2.13. The van der Waals surface area contributed by atoms with Gasteiger partial charge in [0.05, 0.1) is 6.10 Å². The number of hydrogen-bond donors (Lipinski definition) is 1. The van der Waals surface area contributed by atoms with E-state index in [1.165, 1.54) is 24.0 Å². The fourth-order valence-electron chi connectivity index (χ4n) is 2.68. The quantitative estimate of drug-likeness (QED) is 0.865. The van der Waals surface area contributed by atoms with Gasteiger partial charge in [0.15, 0.2) is 0 Å². The van der Waals surface area contributed by atoms with Gasteiger partial charge in [0.1, 0.15) is 11.9 Å². The highest BCUT2D eigenvalue weighted by molar-refractivity contribution is 5.40. The van der Waals surface area contributed by atoms with Crippen LogP contribution in [0.1, 0.15) is 36.8 Å². The zero-order valence-electron chi connectivity index (χ0n) is 10.4. The van der Waals surface area contributed by atoms with E-state index in [2.05, 4.69) is 25.1 Å². The van der Waals surface area contributed by atoms with Crippen molar-refractivity contribution in [1.29, 1.82) is 0 Å². The first-order chi connectivity index (χ1) is 8.22. The maximum Gasteiger partial charge on any atom is 0.123 e. The molecule has 1 aromatic carbocycles. The summed E-state index contributed by atoms with van der Waals surface area (Å²) in [7, 11) is 0. The van der Waals surface area contributed by atoms with Crippen LogP contribution in [-0.2, 0) is 6.42 Å². The van der Waals surface area contributed by atoms with Gasteiger partial charge in [-0.2, -0.15) is 0 Å². The molecule has 1 aliphatic carbocycles. The second kappa shape index (κ2) is 4.34. The lowest BCUT2D eigenvalue weighted by molar-refractivity contribution is 0.117. The normalized spacial score (nSPS) is 24.2. The average Bonchev–Trinajstić information content (AvgIpc) is 3.07. The molecule has 2 atom stereocenters. The summed E-state index contributed by atoms with van der Waals surface area (Å²) in [6.07, 6.45) is 5.49. The molecule has 1 saturated carbocycles. The smallest absolute Gasteiger partial charge is 0.123 e. The summed E-state index contributed by atoms with van der Waals surface area (Å²) < 4.78 is 5.90. The first-order valence-electron chi connectivity index (χ1n) is 6.66. The molecule has 0 amide bonds. The minimum absolute atomic E-state index is 0.0935. The predicted molar refractivity (Wildman–Crippen MR) is 67.3 cm³/mol. The highest BCUT2D eigenvalue weighted by atomic mass is 16.5. The van der Waals surface area contributed by atoms with Crippen LogP contribution < -0.4 is 4.74 Å². The van der Waals surface area contributed by atoms with Crippen LogP contribution in [0.2, 0.25) is 0 Å². The van der Waals surface area contributed by atoms with E-state index < -0.39 is 0 Å². The summed E-state index contributed by atoms with van der Waals surface area (Å²) in [5, 5.41) is 9.85. The molecule has 92 valence electrons. The second-order valence-corrected chi connectivity index (χ2v) is 5.54. The fourth-order valence-corrected chi connectivity index (χ4v) is 2.68. The number of ether oxygens (including phenoxy) is 1. The van der Waals surface area contributed by atoms with Gasteiger partial charge in [-0.1, -0.05) is 17.7 Å². The SMILES string of the molecule is Cc1ccc2c(c1)CC(CCC(O)C1CC1)O2. The molecule has 2 nitrogen and oxygen atoms in total. The molecule has 0 aromatic heterocycles. The molecular formula is C15H20O2. The lowest BCUT2D eigenvalue weighted by Crippen LogP contribution is -2.18. The van der Waals surface area contributed by atoms with Gasteiger partial charge in [0.25, 0.3) is 0 Å². The van der Waals surface area contributed by atoms with Crippen molar-refractivity contribution in [2.24, 2.45) is 5.92 Å². The molecule has 2 heteroatoms. The average molecular weight is 232 g/mol. The first kappa shape index (κ1) is 11.1. The molecule has 0 radical (unpaired) electrons. The van der Waals surface area contributed by atoms with Crippen LogP contribution in [0.5, 0.6) is 5.75 Å². The lowest BCUT2D eigenvalue weighted by atomic mass is 10.0. The van der Waals surface area contributed by atoms with Crippen molar-refractivity contribution < 1.29 is 9.84 Å². The predicted octanol–water partition coefficient (Wildman–Crippen LogP) is 2.85. The Morgan fingerprint density at radius 2 is 2.24 bits per heavy atom. The van der Waals surface area contributed by atoms with E-state index in [1.807, 2.05) is 0 Å². The molecule has 2 unspecified atom stereocenters. The Labute approximate surface area is 103 Å². The van der Waals surface area contributed by atoms with Crippen LogP contribution >= 0.6 is 0 Å². The van der Waals surface area contributed by atoms with Crippen molar-refractivity contribution >= 4 is 0 Å². The Morgan fingerprint density at radius 1 is 1.41 bits per heavy atom. The highest BCUT2D eigenvalue weighted by Gasteiger charge is 2.31. The third-order valence-electron chi connectivity index (χ3n) is 3.91. The van der Waals surface area contributed by atoms with Crippen molar-refractivity contribution in [2.45, 2.75) is 51.2 Å². The van der Waals surface area contributed by atoms with Gasteiger partial charge in [0.2, 0.25) is 0 Å². The van der Waals surface area contributed by atoms with Crippen molar-refractivity contribution in [3.05, 3.63) is 29.3 Å². The molecule has 17 heavy (non-hydrogen) atoms. The molecule has 1 fully saturated rings. The highest BCUT2D eigenvalue weighted by Crippen LogP contribution is 2.36. The Morgan fingerprint density at radius 3 is 3.00 bits per heavy atom. The number of fused-ring (bicyclic) bond motifs is 1. The minimum Gasteiger partial charge on any atom is -0.490 e. The van der Waals surface area contributed by atoms with E-state index in [0.717, 1.165) is 25.0 Å². The molecular weight excluding hydrogens is 212 g/mol. The van der Waals surface area contributed by atoms with Gasteiger partial charge in [-0.3, -0.25) is 0 Å². The van der Waals surface area contributed by atoms with Crippen LogP contribution in [0.25, 0.3) is 0 Å². The van der Waals surface area contributed by atoms with E-state index in [1.54, 1.807) is 0 Å². The van der Waals surface area contributed by atoms with E-state index in [4.69, 9.17) is 4.74 Å². The van der Waals surface area contributed by atoms with E-state index >= 15 is 0 Å². The molecule has 1 aliphatic heterocycles. The van der Waals surface area contributed by atoms with Crippen molar-refractivity contribution in [1.82, 2.24) is 0 Å². The molecule has 3 rings (SSSR count). The topological polar surface area (TPSA) is 29.5 Å². The minimum atomic E-state index is -0.0935. The van der Waals surface area contributed by atoms with Crippen LogP contribution in [-0.4, -0.2) is 17.3 Å². The number of aryl methyl sites for hydroxylation is 1. The number of hydrogen-bond acceptors (Lipinski definition) is 2. The van der Waals surface area contributed by atoms with Crippen LogP contribution in [0.15, 0.2) is 18.2 Å². The molecule has 0 bridgehead atoms. The Bertz CT molecular complexity index is 409. The third-order valence-corrected chi connectivity index (χ3v) is 3.91. The van der Waals surface area contributed by atoms with Crippen LogP contribution in [0.4, 0.5) is 0 Å². The molecule has 0 saturated heterocycles. The standard InChI is InChI=1S/C15H20O2/c1-10-2-7-15-12(8-10)9-13(17-15)5-6-14(16)11-3-4-11/h2,7-8,11,13-14,16H,3-6,9H2,1H3. The number of benzene rings is 1. The van der Waals surface area contributed by atoms with Crippen LogP contribution in [0, 0.1) is 12.8 Å². The Balaban J connectivity index is 1.54. The van der Waals surface area contributed by atoms with E-state index in [9.17, 15) is 5.11 Å². The van der Waals surface area contributed by atoms with Crippen LogP contribution in [0.3, 0.4) is 0 Å². The summed E-state index contributed by atoms with van der Waals surface area (Å²) >= 11 is 0. The second-order valence-electron chi connectivity index (χ2n) is 5.54. The van der Waals surface area contributed by atoms with E-state index in [0.29, 0.717) is 5.92 Å². The van der Waals surface area contributed by atoms with Gasteiger partial charge in [-0.05, 0) is 50.2 Å². The van der Waals surface area contributed by atoms with Gasteiger partial charge in [-0.25, -0.2) is 0 Å². The zero-order valence-corrected chi connectivity index (χ0v) is 10.4. The fraction of sp³-hybridized carbons (Fsp3) is 0.600. The molecule has 1 N–H and O–H groups in total. The summed E-state index contributed by atoms with van der Waals surface area (Å²) in [6, 6.07) is 6.38. The van der Waals surface area contributed by atoms with Gasteiger partial charge >= 0.3 is 0 Å². The Kier molecular flexibility index (Phi) is 2.83. The molecule has 0 spiro atoms. The van der Waals surface area contributed by atoms with E-state index in [-0.39, 0.29) is 12.2 Å². The Hall–Kier alpha value is -1.02. The van der Waals surface area contributed by atoms with Gasteiger partial charge in [0, 0.05) is 6.42 Å². The molecule has 1 aromatic rings. The monoisotopic (exact) mass is 232 g/mol. The number of aliphatic hydroxyl groups excluding tert-OH is 1. The van der Waals surface area contributed by atoms with Crippen molar-refractivity contribution in [2.75, 3.05) is 0 Å². The third kappa shape index (κ3) is 2.47. The maximum atomic E-state index is 9.85. The molecule has 1 heterocycles. The van der Waals surface area contributed by atoms with Crippen molar-refractivity contribution in [3.63, 3.8) is 0 Å². The summed E-state index contributed by atoms with van der Waals surface area (Å²) in [6.45, 7) is 2.12. The zero-order chi connectivity index (χ0) is 11.8. The number of aliphatic hydroxyl groups is 1. The van der Waals surface area contributed by atoms with Gasteiger partial charge < -0.3 is 9.84 Å².